The van der Waals surface area contributed by atoms with Gasteiger partial charge in [-0.05, 0) is 6.07 Å². The number of hydrogen-bond donors (Lipinski definition) is 1. The van der Waals surface area contributed by atoms with Gasteiger partial charge in [0.15, 0.2) is 12.0 Å². The minimum Gasteiger partial charge on any atom is -0.403 e. The van der Waals surface area contributed by atoms with Crippen LogP contribution in [0.1, 0.15) is 28.2 Å². The summed E-state index contributed by atoms with van der Waals surface area (Å²) in [6, 6.07) is 0.861. The summed E-state index contributed by atoms with van der Waals surface area (Å²) < 4.78 is 64.7. The van der Waals surface area contributed by atoms with E-state index < -0.39 is 29.8 Å². The summed E-state index contributed by atoms with van der Waals surface area (Å²) in [5, 5.41) is 0. The van der Waals surface area contributed by atoms with Crippen LogP contribution in [-0.2, 0) is 6.54 Å². The molecule has 0 aromatic carbocycles. The summed E-state index contributed by atoms with van der Waals surface area (Å²) in [7, 11) is 0. The van der Waals surface area contributed by atoms with Gasteiger partial charge in [0.25, 0.3) is 6.43 Å². The van der Waals surface area contributed by atoms with Crippen molar-refractivity contribution in [2.24, 2.45) is 5.73 Å². The molecular formula is C9H7F5N2O2. The lowest BCUT2D eigenvalue weighted by molar-refractivity contribution is -0.275. The Morgan fingerprint density at radius 1 is 1.44 bits per heavy atom. The van der Waals surface area contributed by atoms with E-state index in [4.69, 9.17) is 5.73 Å². The van der Waals surface area contributed by atoms with Crippen molar-refractivity contribution in [2.75, 3.05) is 0 Å². The Hall–Kier alpha value is -1.77. The molecule has 0 saturated heterocycles. The predicted molar refractivity (Wildman–Crippen MR) is 49.2 cm³/mol. The number of carbonyl (C=O) groups excluding carboxylic acids is 1. The summed E-state index contributed by atoms with van der Waals surface area (Å²) in [6.45, 7) is -0.299. The normalized spacial score (nSPS) is 11.7. The van der Waals surface area contributed by atoms with Gasteiger partial charge in [-0.1, -0.05) is 0 Å². The van der Waals surface area contributed by atoms with Gasteiger partial charge in [0.05, 0.1) is 11.3 Å². The number of alkyl halides is 5. The molecule has 9 heteroatoms. The molecule has 0 spiro atoms. The fourth-order valence-corrected chi connectivity index (χ4v) is 1.20. The first-order valence-corrected chi connectivity index (χ1v) is 4.51. The molecular weight excluding hydrogens is 263 g/mol. The van der Waals surface area contributed by atoms with Gasteiger partial charge in [0.2, 0.25) is 0 Å². The van der Waals surface area contributed by atoms with E-state index in [1.165, 1.54) is 0 Å². The van der Waals surface area contributed by atoms with Gasteiger partial charge in [-0.3, -0.25) is 4.79 Å². The highest BCUT2D eigenvalue weighted by Crippen LogP contribution is 2.34. The maximum atomic E-state index is 12.6. The van der Waals surface area contributed by atoms with E-state index in [0.29, 0.717) is 0 Å². The smallest absolute Gasteiger partial charge is 0.403 e. The third-order valence-electron chi connectivity index (χ3n) is 1.84. The Morgan fingerprint density at radius 3 is 2.44 bits per heavy atom. The number of nitrogens with zero attached hydrogens (tertiary/aromatic N) is 1. The first kappa shape index (κ1) is 14.3. The van der Waals surface area contributed by atoms with Crippen LogP contribution < -0.4 is 10.5 Å². The van der Waals surface area contributed by atoms with E-state index in [9.17, 15) is 26.7 Å². The number of rotatable bonds is 4. The average Bonchev–Trinajstić information content (AvgIpc) is 2.26. The zero-order chi connectivity index (χ0) is 13.9. The van der Waals surface area contributed by atoms with Crippen molar-refractivity contribution < 1.29 is 31.5 Å². The molecule has 1 heterocycles. The molecule has 0 atom stereocenters. The SMILES string of the molecule is NCc1cc(C=O)c(OC(F)(F)F)c(C(F)F)n1. The molecule has 0 aliphatic heterocycles. The molecule has 0 saturated carbocycles. The maximum Gasteiger partial charge on any atom is 0.573 e. The fourth-order valence-electron chi connectivity index (χ4n) is 1.20. The number of hydrogen-bond acceptors (Lipinski definition) is 4. The van der Waals surface area contributed by atoms with Crippen LogP contribution in [0.2, 0.25) is 0 Å². The Balaban J connectivity index is 3.39. The Labute approximate surface area is 97.6 Å². The quantitative estimate of drug-likeness (QED) is 0.672. The van der Waals surface area contributed by atoms with Crippen LogP contribution in [-0.4, -0.2) is 17.6 Å². The number of nitrogens with two attached hydrogens (primary N) is 1. The summed E-state index contributed by atoms with van der Waals surface area (Å²) >= 11 is 0. The average molecular weight is 270 g/mol. The number of aromatic nitrogens is 1. The van der Waals surface area contributed by atoms with Crippen molar-refractivity contribution in [3.63, 3.8) is 0 Å². The summed E-state index contributed by atoms with van der Waals surface area (Å²) in [6.07, 6.45) is -8.56. The molecule has 0 radical (unpaired) electrons. The second-order valence-electron chi connectivity index (χ2n) is 3.09. The number of aldehydes is 1. The number of ether oxygens (including phenoxy) is 1. The molecule has 100 valence electrons. The lowest BCUT2D eigenvalue weighted by Crippen LogP contribution is -2.20. The summed E-state index contributed by atoms with van der Waals surface area (Å²) in [5.41, 5.74) is 3.05. The predicted octanol–water partition coefficient (Wildman–Crippen LogP) is 2.19. The summed E-state index contributed by atoms with van der Waals surface area (Å²) in [5.74, 6) is -1.30. The zero-order valence-corrected chi connectivity index (χ0v) is 8.67. The van der Waals surface area contributed by atoms with Crippen molar-refractivity contribution in [3.05, 3.63) is 23.0 Å². The molecule has 0 aliphatic carbocycles. The number of carbonyl (C=O) groups is 1. The molecule has 4 nitrogen and oxygen atoms in total. The third-order valence-corrected chi connectivity index (χ3v) is 1.84. The summed E-state index contributed by atoms with van der Waals surface area (Å²) in [4.78, 5) is 13.8. The van der Waals surface area contributed by atoms with E-state index in [2.05, 4.69) is 9.72 Å². The van der Waals surface area contributed by atoms with Gasteiger partial charge in [0.1, 0.15) is 5.69 Å². The van der Waals surface area contributed by atoms with E-state index >= 15 is 0 Å². The largest absolute Gasteiger partial charge is 0.573 e. The first-order chi connectivity index (χ1) is 8.28. The number of pyridine rings is 1. The van der Waals surface area contributed by atoms with E-state index in [1.807, 2.05) is 0 Å². The minimum atomic E-state index is -5.20. The van der Waals surface area contributed by atoms with Crippen molar-refractivity contribution in [1.82, 2.24) is 4.98 Å². The monoisotopic (exact) mass is 270 g/mol. The fraction of sp³-hybridized carbons (Fsp3) is 0.333. The second-order valence-corrected chi connectivity index (χ2v) is 3.09. The van der Waals surface area contributed by atoms with Crippen LogP contribution in [0.15, 0.2) is 6.07 Å². The molecule has 0 bridgehead atoms. The van der Waals surface area contributed by atoms with Crippen LogP contribution in [0, 0.1) is 0 Å². The highest BCUT2D eigenvalue weighted by Gasteiger charge is 2.35. The molecule has 0 fully saturated rings. The standard InChI is InChI=1S/C9H7F5N2O2/c10-8(11)6-7(18-9(12,13)14)4(3-17)1-5(2-15)16-6/h1,3,8H,2,15H2. The van der Waals surface area contributed by atoms with E-state index in [0.717, 1.165) is 6.07 Å². The third kappa shape index (κ3) is 3.36. The lowest BCUT2D eigenvalue weighted by Gasteiger charge is -2.15. The van der Waals surface area contributed by atoms with Gasteiger partial charge in [-0.15, -0.1) is 13.2 Å². The van der Waals surface area contributed by atoms with Crippen molar-refractivity contribution >= 4 is 6.29 Å². The molecule has 0 aliphatic rings. The van der Waals surface area contributed by atoms with E-state index in [-0.39, 0.29) is 18.5 Å². The highest BCUT2D eigenvalue weighted by molar-refractivity contribution is 5.80. The second kappa shape index (κ2) is 5.25. The molecule has 2 N–H and O–H groups in total. The van der Waals surface area contributed by atoms with Crippen LogP contribution in [0.25, 0.3) is 0 Å². The molecule has 18 heavy (non-hydrogen) atoms. The molecule has 0 unspecified atom stereocenters. The minimum absolute atomic E-state index is 0.0339. The Kier molecular flexibility index (Phi) is 4.17. The molecule has 1 rings (SSSR count). The zero-order valence-electron chi connectivity index (χ0n) is 8.67. The molecule has 1 aromatic heterocycles. The van der Waals surface area contributed by atoms with Crippen LogP contribution in [0.4, 0.5) is 22.0 Å². The van der Waals surface area contributed by atoms with Crippen LogP contribution >= 0.6 is 0 Å². The van der Waals surface area contributed by atoms with Gasteiger partial charge in [-0.25, -0.2) is 13.8 Å². The lowest BCUT2D eigenvalue weighted by atomic mass is 10.1. The van der Waals surface area contributed by atoms with Gasteiger partial charge >= 0.3 is 6.36 Å². The number of halogens is 5. The Morgan fingerprint density at radius 2 is 2.06 bits per heavy atom. The first-order valence-electron chi connectivity index (χ1n) is 4.51. The Bertz CT molecular complexity index is 447. The van der Waals surface area contributed by atoms with Gasteiger partial charge < -0.3 is 10.5 Å². The van der Waals surface area contributed by atoms with Gasteiger partial charge in [0, 0.05) is 6.54 Å². The molecule has 1 aromatic rings. The van der Waals surface area contributed by atoms with Crippen LogP contribution in [0.5, 0.6) is 5.75 Å². The van der Waals surface area contributed by atoms with E-state index in [1.54, 1.807) is 0 Å². The molecule has 0 amide bonds. The van der Waals surface area contributed by atoms with Crippen molar-refractivity contribution in [2.45, 2.75) is 19.3 Å². The van der Waals surface area contributed by atoms with Gasteiger partial charge in [-0.2, -0.15) is 0 Å². The highest BCUT2D eigenvalue weighted by atomic mass is 19.4. The van der Waals surface area contributed by atoms with Crippen molar-refractivity contribution in [3.8, 4) is 5.75 Å². The topological polar surface area (TPSA) is 65.2 Å². The van der Waals surface area contributed by atoms with Crippen molar-refractivity contribution in [1.29, 1.82) is 0 Å². The van der Waals surface area contributed by atoms with Crippen LogP contribution in [0.3, 0.4) is 0 Å². The maximum absolute atomic E-state index is 12.6.